The maximum atomic E-state index is 12.9. The van der Waals surface area contributed by atoms with Gasteiger partial charge in [0.25, 0.3) is 0 Å². The van der Waals surface area contributed by atoms with Crippen LogP contribution in [0.5, 0.6) is 5.75 Å². The first-order valence-electron chi connectivity index (χ1n) is 10.3. The van der Waals surface area contributed by atoms with E-state index in [-0.39, 0.29) is 4.90 Å². The molecule has 28 heavy (non-hydrogen) atoms. The smallest absolute Gasteiger partial charge is 0.243 e. The summed E-state index contributed by atoms with van der Waals surface area (Å²) in [6.45, 7) is 1.16. The standard InChI is InChI=1S/C20H31N3O3S2/c1-26-19-12-11-17(28(24,25)23-13-7-8-14-23)15-18(19)22-20(27)21-16-9-5-3-2-4-6-10-16/h11-12,15-16H,2-10,13-14H2,1H3,(H2,21,22,27). The maximum Gasteiger partial charge on any atom is 0.243 e. The number of sulfonamides is 1. The SMILES string of the molecule is COc1ccc(S(=O)(=O)N2CCCC2)cc1NC(=S)NC1CCCCCCC1. The molecule has 0 unspecified atom stereocenters. The van der Waals surface area contributed by atoms with Crippen molar-refractivity contribution in [3.63, 3.8) is 0 Å². The molecule has 1 aromatic carbocycles. The van der Waals surface area contributed by atoms with Gasteiger partial charge in [0, 0.05) is 19.1 Å². The Labute approximate surface area is 174 Å². The molecule has 0 aromatic heterocycles. The monoisotopic (exact) mass is 425 g/mol. The fraction of sp³-hybridized carbons (Fsp3) is 0.650. The molecule has 2 fully saturated rings. The molecule has 0 atom stereocenters. The number of nitrogens with one attached hydrogen (secondary N) is 2. The first kappa shape index (κ1) is 21.3. The lowest BCUT2D eigenvalue weighted by Crippen LogP contribution is -2.38. The summed E-state index contributed by atoms with van der Waals surface area (Å²) in [6.07, 6.45) is 10.4. The molecule has 8 heteroatoms. The topological polar surface area (TPSA) is 70.7 Å². The van der Waals surface area contributed by atoms with E-state index in [1.54, 1.807) is 29.6 Å². The highest BCUT2D eigenvalue weighted by atomic mass is 32.2. The molecule has 2 aliphatic rings. The third-order valence-electron chi connectivity index (χ3n) is 5.56. The molecule has 1 aromatic rings. The number of benzene rings is 1. The second-order valence-electron chi connectivity index (χ2n) is 7.61. The maximum absolute atomic E-state index is 12.9. The van der Waals surface area contributed by atoms with Crippen molar-refractivity contribution >= 4 is 33.0 Å². The van der Waals surface area contributed by atoms with Crippen molar-refractivity contribution < 1.29 is 13.2 Å². The molecule has 0 bridgehead atoms. The van der Waals surface area contributed by atoms with Crippen LogP contribution in [0.25, 0.3) is 0 Å². The van der Waals surface area contributed by atoms with Crippen molar-refractivity contribution in [2.24, 2.45) is 0 Å². The van der Waals surface area contributed by atoms with E-state index in [0.717, 1.165) is 25.7 Å². The van der Waals surface area contributed by atoms with E-state index in [0.29, 0.717) is 35.7 Å². The van der Waals surface area contributed by atoms with Crippen LogP contribution in [-0.2, 0) is 10.0 Å². The molecule has 0 spiro atoms. The molecule has 1 aliphatic heterocycles. The second-order valence-corrected chi connectivity index (χ2v) is 9.96. The Bertz CT molecular complexity index is 769. The average Bonchev–Trinajstić information content (AvgIpc) is 3.19. The lowest BCUT2D eigenvalue weighted by molar-refractivity contribution is 0.416. The van der Waals surface area contributed by atoms with Crippen molar-refractivity contribution in [3.05, 3.63) is 18.2 Å². The molecule has 1 aliphatic carbocycles. The molecule has 1 saturated heterocycles. The molecular formula is C20H31N3O3S2. The lowest BCUT2D eigenvalue weighted by Gasteiger charge is -2.23. The molecule has 6 nitrogen and oxygen atoms in total. The Morgan fingerprint density at radius 2 is 1.71 bits per heavy atom. The largest absolute Gasteiger partial charge is 0.495 e. The molecule has 0 amide bonds. The van der Waals surface area contributed by atoms with Crippen LogP contribution in [0.4, 0.5) is 5.69 Å². The predicted molar refractivity (Wildman–Crippen MR) is 116 cm³/mol. The normalized spacial score (nSPS) is 19.6. The summed E-state index contributed by atoms with van der Waals surface area (Å²) in [5.74, 6) is 0.571. The van der Waals surface area contributed by atoms with Crippen LogP contribution >= 0.6 is 12.2 Å². The third-order valence-corrected chi connectivity index (χ3v) is 7.68. The van der Waals surface area contributed by atoms with Gasteiger partial charge in [-0.3, -0.25) is 0 Å². The van der Waals surface area contributed by atoms with Crippen molar-refractivity contribution in [3.8, 4) is 5.75 Å². The van der Waals surface area contributed by atoms with Gasteiger partial charge in [0.1, 0.15) is 5.75 Å². The van der Waals surface area contributed by atoms with Gasteiger partial charge in [0.2, 0.25) is 10.0 Å². The Kier molecular flexibility index (Phi) is 7.54. The van der Waals surface area contributed by atoms with Gasteiger partial charge in [0.05, 0.1) is 17.7 Å². The van der Waals surface area contributed by atoms with Crippen molar-refractivity contribution in [1.29, 1.82) is 0 Å². The first-order valence-corrected chi connectivity index (χ1v) is 12.1. The zero-order chi connectivity index (χ0) is 20.0. The molecule has 156 valence electrons. The van der Waals surface area contributed by atoms with Crippen LogP contribution in [0.15, 0.2) is 23.1 Å². The van der Waals surface area contributed by atoms with E-state index in [1.807, 2.05) is 0 Å². The van der Waals surface area contributed by atoms with Gasteiger partial charge in [-0.1, -0.05) is 32.1 Å². The van der Waals surface area contributed by atoms with Gasteiger partial charge in [0.15, 0.2) is 5.11 Å². The fourth-order valence-electron chi connectivity index (χ4n) is 3.97. The van der Waals surface area contributed by atoms with Crippen molar-refractivity contribution in [2.45, 2.75) is 68.7 Å². The number of rotatable bonds is 5. The Morgan fingerprint density at radius 1 is 1.07 bits per heavy atom. The van der Waals surface area contributed by atoms with Crippen molar-refractivity contribution in [2.75, 3.05) is 25.5 Å². The molecule has 1 saturated carbocycles. The summed E-state index contributed by atoms with van der Waals surface area (Å²) in [6, 6.07) is 5.27. The van der Waals surface area contributed by atoms with Crippen LogP contribution in [-0.4, -0.2) is 44.1 Å². The zero-order valence-corrected chi connectivity index (χ0v) is 18.2. The molecule has 2 N–H and O–H groups in total. The number of hydrogen-bond donors (Lipinski definition) is 2. The van der Waals surface area contributed by atoms with Gasteiger partial charge in [-0.25, -0.2) is 8.42 Å². The highest BCUT2D eigenvalue weighted by Gasteiger charge is 2.28. The van der Waals surface area contributed by atoms with Gasteiger partial charge >= 0.3 is 0 Å². The number of anilines is 1. The van der Waals surface area contributed by atoms with Crippen LogP contribution in [0.1, 0.15) is 57.8 Å². The molecule has 0 radical (unpaired) electrons. The van der Waals surface area contributed by atoms with E-state index in [9.17, 15) is 8.42 Å². The minimum atomic E-state index is -3.48. The van der Waals surface area contributed by atoms with E-state index < -0.39 is 10.0 Å². The number of ether oxygens (including phenoxy) is 1. The summed E-state index contributed by atoms with van der Waals surface area (Å²) < 4.78 is 32.7. The van der Waals surface area contributed by atoms with Gasteiger partial charge in [-0.05, 0) is 56.1 Å². The summed E-state index contributed by atoms with van der Waals surface area (Å²) in [5, 5.41) is 7.08. The quantitative estimate of drug-likeness (QED) is 0.698. The Balaban J connectivity index is 1.72. The summed E-state index contributed by atoms with van der Waals surface area (Å²) in [7, 11) is -1.91. The van der Waals surface area contributed by atoms with Gasteiger partial charge in [-0.15, -0.1) is 0 Å². The lowest BCUT2D eigenvalue weighted by atomic mass is 9.97. The highest BCUT2D eigenvalue weighted by Crippen LogP contribution is 2.30. The number of methoxy groups -OCH3 is 1. The zero-order valence-electron chi connectivity index (χ0n) is 16.6. The molecule has 3 rings (SSSR count). The Hall–Kier alpha value is -1.38. The average molecular weight is 426 g/mol. The van der Waals surface area contributed by atoms with E-state index in [1.165, 1.54) is 32.1 Å². The Morgan fingerprint density at radius 3 is 2.36 bits per heavy atom. The summed E-state index contributed by atoms with van der Waals surface area (Å²) in [5.41, 5.74) is 0.575. The van der Waals surface area contributed by atoms with E-state index in [2.05, 4.69) is 10.6 Å². The highest BCUT2D eigenvalue weighted by molar-refractivity contribution is 7.89. The fourth-order valence-corrected chi connectivity index (χ4v) is 5.79. The van der Waals surface area contributed by atoms with E-state index >= 15 is 0 Å². The predicted octanol–water partition coefficient (Wildman–Crippen LogP) is 3.88. The van der Waals surface area contributed by atoms with Crippen LogP contribution < -0.4 is 15.4 Å². The first-order chi connectivity index (χ1) is 13.5. The third kappa shape index (κ3) is 5.36. The van der Waals surface area contributed by atoms with Crippen LogP contribution in [0, 0.1) is 0 Å². The van der Waals surface area contributed by atoms with Crippen LogP contribution in [0.2, 0.25) is 0 Å². The van der Waals surface area contributed by atoms with Crippen LogP contribution in [0.3, 0.4) is 0 Å². The van der Waals surface area contributed by atoms with Gasteiger partial charge < -0.3 is 15.4 Å². The number of hydrogen-bond acceptors (Lipinski definition) is 4. The number of nitrogens with zero attached hydrogens (tertiary/aromatic N) is 1. The van der Waals surface area contributed by atoms with Gasteiger partial charge in [-0.2, -0.15) is 4.31 Å². The number of thiocarbonyl (C=S) groups is 1. The minimum Gasteiger partial charge on any atom is -0.495 e. The summed E-state index contributed by atoms with van der Waals surface area (Å²) >= 11 is 5.51. The second kappa shape index (κ2) is 9.89. The molecular weight excluding hydrogens is 394 g/mol. The summed E-state index contributed by atoms with van der Waals surface area (Å²) in [4.78, 5) is 0.270. The molecule has 1 heterocycles. The van der Waals surface area contributed by atoms with Crippen molar-refractivity contribution in [1.82, 2.24) is 9.62 Å². The van der Waals surface area contributed by atoms with E-state index in [4.69, 9.17) is 17.0 Å². The minimum absolute atomic E-state index is 0.270.